The van der Waals surface area contributed by atoms with Crippen molar-refractivity contribution < 1.29 is 8.42 Å². The Morgan fingerprint density at radius 1 is 1.43 bits per heavy atom. The van der Waals surface area contributed by atoms with E-state index in [-0.39, 0.29) is 11.3 Å². The van der Waals surface area contributed by atoms with Gasteiger partial charge in [0.1, 0.15) is 0 Å². The lowest BCUT2D eigenvalue weighted by Gasteiger charge is -2.36. The Labute approximate surface area is 126 Å². The molecule has 1 aromatic heterocycles. The quantitative estimate of drug-likeness (QED) is 0.855. The topological polar surface area (TPSA) is 67.2 Å². The average Bonchev–Trinajstić information content (AvgIpc) is 3.18. The molecule has 1 aliphatic carbocycles. The number of rotatable bonds is 6. The van der Waals surface area contributed by atoms with Gasteiger partial charge in [-0.25, -0.2) is 13.1 Å². The maximum absolute atomic E-state index is 11.9. The molecule has 0 aromatic carbocycles. The molecule has 6 nitrogen and oxygen atoms in total. The van der Waals surface area contributed by atoms with Gasteiger partial charge in [-0.05, 0) is 39.2 Å². The van der Waals surface area contributed by atoms with Gasteiger partial charge in [-0.3, -0.25) is 9.58 Å². The Hall–Kier alpha value is -0.920. The van der Waals surface area contributed by atoms with Crippen molar-refractivity contribution in [2.45, 2.75) is 57.0 Å². The van der Waals surface area contributed by atoms with Crippen LogP contribution in [0.3, 0.4) is 0 Å². The monoisotopic (exact) mass is 312 g/mol. The minimum Gasteiger partial charge on any atom is -0.293 e. The largest absolute Gasteiger partial charge is 0.293 e. The van der Waals surface area contributed by atoms with E-state index in [1.165, 1.54) is 5.69 Å². The van der Waals surface area contributed by atoms with E-state index >= 15 is 0 Å². The fraction of sp³-hybridized carbons (Fsp3) is 0.786. The molecule has 118 valence electrons. The number of hydrogen-bond acceptors (Lipinski definition) is 4. The van der Waals surface area contributed by atoms with Crippen molar-refractivity contribution in [1.82, 2.24) is 19.4 Å². The van der Waals surface area contributed by atoms with Crippen LogP contribution in [0.15, 0.2) is 12.3 Å². The Morgan fingerprint density at radius 2 is 2.19 bits per heavy atom. The summed E-state index contributed by atoms with van der Waals surface area (Å²) >= 11 is 0. The normalized spacial score (nSPS) is 23.5. The van der Waals surface area contributed by atoms with E-state index in [1.54, 1.807) is 0 Å². The van der Waals surface area contributed by atoms with Crippen LogP contribution < -0.4 is 4.72 Å². The molecular formula is C14H24N4O2S. The lowest BCUT2D eigenvalue weighted by atomic mass is 10.1. The molecule has 1 fully saturated rings. The molecule has 3 rings (SSSR count). The van der Waals surface area contributed by atoms with E-state index < -0.39 is 10.0 Å². The molecule has 1 aromatic rings. The van der Waals surface area contributed by atoms with Gasteiger partial charge in [-0.2, -0.15) is 5.10 Å². The van der Waals surface area contributed by atoms with Crippen molar-refractivity contribution in [2.75, 3.05) is 13.1 Å². The fourth-order valence-electron chi connectivity index (χ4n) is 2.89. The first-order valence-electron chi connectivity index (χ1n) is 7.72. The zero-order chi connectivity index (χ0) is 15.0. The molecule has 0 bridgehead atoms. The summed E-state index contributed by atoms with van der Waals surface area (Å²) in [5, 5.41) is 4.26. The van der Waals surface area contributed by atoms with Gasteiger partial charge in [0.05, 0.1) is 17.0 Å². The highest BCUT2D eigenvalue weighted by molar-refractivity contribution is 7.90. The van der Waals surface area contributed by atoms with Crippen LogP contribution in [0.4, 0.5) is 0 Å². The molecule has 0 spiro atoms. The third-order valence-electron chi connectivity index (χ3n) is 4.38. The molecule has 1 aliphatic heterocycles. The second kappa shape index (κ2) is 5.70. The molecule has 1 N–H and O–H groups in total. The van der Waals surface area contributed by atoms with Crippen LogP contribution in [-0.2, 0) is 16.6 Å². The van der Waals surface area contributed by atoms with Gasteiger partial charge >= 0.3 is 0 Å². The minimum absolute atomic E-state index is 0.142. The second-order valence-electron chi connectivity index (χ2n) is 6.37. The van der Waals surface area contributed by atoms with E-state index in [9.17, 15) is 8.42 Å². The van der Waals surface area contributed by atoms with Crippen molar-refractivity contribution in [3.05, 3.63) is 18.0 Å². The third-order valence-corrected chi connectivity index (χ3v) is 6.34. The van der Waals surface area contributed by atoms with E-state index in [0.717, 1.165) is 32.4 Å². The molecule has 0 saturated heterocycles. The molecule has 2 heterocycles. The Balaban J connectivity index is 1.62. The molecular weight excluding hydrogens is 288 g/mol. The Morgan fingerprint density at radius 3 is 2.86 bits per heavy atom. The SMILES string of the molecule is CC(C)N1Cc2ccnn2C(CCNS(=O)(=O)C2CC2)C1. The van der Waals surface area contributed by atoms with E-state index in [0.29, 0.717) is 12.6 Å². The number of fused-ring (bicyclic) bond motifs is 1. The van der Waals surface area contributed by atoms with Crippen LogP contribution in [0.1, 0.15) is 44.8 Å². The van der Waals surface area contributed by atoms with Gasteiger partial charge in [0, 0.05) is 31.9 Å². The smallest absolute Gasteiger partial charge is 0.214 e. The zero-order valence-electron chi connectivity index (χ0n) is 12.7. The van der Waals surface area contributed by atoms with Crippen molar-refractivity contribution in [2.24, 2.45) is 0 Å². The molecule has 0 radical (unpaired) electrons. The van der Waals surface area contributed by atoms with Gasteiger partial charge in [-0.1, -0.05) is 0 Å². The van der Waals surface area contributed by atoms with Crippen LogP contribution in [0.25, 0.3) is 0 Å². The highest BCUT2D eigenvalue weighted by Crippen LogP contribution is 2.28. The summed E-state index contributed by atoms with van der Waals surface area (Å²) in [5.74, 6) is 0. The fourth-order valence-corrected chi connectivity index (χ4v) is 4.28. The van der Waals surface area contributed by atoms with Crippen molar-refractivity contribution in [3.8, 4) is 0 Å². The summed E-state index contributed by atoms with van der Waals surface area (Å²) in [5.41, 5.74) is 1.21. The minimum atomic E-state index is -3.08. The summed E-state index contributed by atoms with van der Waals surface area (Å²) in [7, 11) is -3.08. The molecule has 7 heteroatoms. The van der Waals surface area contributed by atoms with Crippen LogP contribution in [0.5, 0.6) is 0 Å². The van der Waals surface area contributed by atoms with Gasteiger partial charge in [-0.15, -0.1) is 0 Å². The van der Waals surface area contributed by atoms with Gasteiger partial charge in [0.15, 0.2) is 0 Å². The van der Waals surface area contributed by atoms with Crippen LogP contribution in [0.2, 0.25) is 0 Å². The Bertz CT molecular complexity index is 592. The van der Waals surface area contributed by atoms with E-state index in [1.807, 2.05) is 6.20 Å². The molecule has 1 atom stereocenters. The van der Waals surface area contributed by atoms with E-state index in [4.69, 9.17) is 0 Å². The molecule has 2 aliphatic rings. The van der Waals surface area contributed by atoms with E-state index in [2.05, 4.69) is 39.3 Å². The zero-order valence-corrected chi connectivity index (χ0v) is 13.5. The standard InChI is InChI=1S/C14H24N4O2S/c1-11(2)17-9-12-5-7-15-18(12)13(10-17)6-8-16-21(19,20)14-3-4-14/h5,7,11,13-14,16H,3-4,6,8-10H2,1-2H3. The summed E-state index contributed by atoms with van der Waals surface area (Å²) in [6.45, 7) is 6.73. The number of hydrogen-bond donors (Lipinski definition) is 1. The predicted molar refractivity (Wildman–Crippen MR) is 81.4 cm³/mol. The van der Waals surface area contributed by atoms with Gasteiger partial charge in [0.2, 0.25) is 10.0 Å². The summed E-state index contributed by atoms with van der Waals surface area (Å²) in [4.78, 5) is 2.41. The van der Waals surface area contributed by atoms with Crippen molar-refractivity contribution in [1.29, 1.82) is 0 Å². The first kappa shape index (κ1) is 15.0. The summed E-state index contributed by atoms with van der Waals surface area (Å²) in [6.07, 6.45) is 4.23. The van der Waals surface area contributed by atoms with Crippen LogP contribution >= 0.6 is 0 Å². The maximum Gasteiger partial charge on any atom is 0.214 e. The summed E-state index contributed by atoms with van der Waals surface area (Å²) < 4.78 is 28.5. The van der Waals surface area contributed by atoms with Crippen molar-refractivity contribution in [3.63, 3.8) is 0 Å². The maximum atomic E-state index is 11.9. The first-order valence-corrected chi connectivity index (χ1v) is 9.27. The lowest BCUT2D eigenvalue weighted by Crippen LogP contribution is -2.42. The Kier molecular flexibility index (Phi) is 4.07. The second-order valence-corrected chi connectivity index (χ2v) is 8.42. The first-order chi connectivity index (χ1) is 9.97. The lowest BCUT2D eigenvalue weighted by molar-refractivity contribution is 0.135. The third kappa shape index (κ3) is 3.30. The number of nitrogens with zero attached hydrogens (tertiary/aromatic N) is 3. The predicted octanol–water partition coefficient (Wildman–Crippen LogP) is 1.12. The van der Waals surface area contributed by atoms with Gasteiger partial charge in [0.25, 0.3) is 0 Å². The molecule has 1 saturated carbocycles. The summed E-state index contributed by atoms with van der Waals surface area (Å²) in [6, 6.07) is 2.78. The van der Waals surface area contributed by atoms with Gasteiger partial charge < -0.3 is 0 Å². The number of nitrogens with one attached hydrogen (secondary N) is 1. The van der Waals surface area contributed by atoms with Crippen molar-refractivity contribution >= 4 is 10.0 Å². The molecule has 1 unspecified atom stereocenters. The van der Waals surface area contributed by atoms with Crippen LogP contribution in [-0.4, -0.2) is 47.5 Å². The molecule has 0 amide bonds. The number of aromatic nitrogens is 2. The average molecular weight is 312 g/mol. The number of sulfonamides is 1. The highest BCUT2D eigenvalue weighted by Gasteiger charge is 2.35. The molecule has 21 heavy (non-hydrogen) atoms. The van der Waals surface area contributed by atoms with Crippen LogP contribution in [0, 0.1) is 0 Å². The highest BCUT2D eigenvalue weighted by atomic mass is 32.2.